The number of hydrogen-bond donors (Lipinski definition) is 3. The Balaban J connectivity index is 0.00000729. The molecule has 28 heavy (non-hydrogen) atoms. The zero-order chi connectivity index (χ0) is 20.1. The lowest BCUT2D eigenvalue weighted by Crippen LogP contribution is -2.43. The highest BCUT2D eigenvalue weighted by molar-refractivity contribution is 14.0. The van der Waals surface area contributed by atoms with Gasteiger partial charge in [-0.05, 0) is 56.8 Å². The topological polar surface area (TPSA) is 73.0 Å². The van der Waals surface area contributed by atoms with Crippen LogP contribution < -0.4 is 10.6 Å². The number of furan rings is 1. The Bertz CT molecular complexity index is 505. The summed E-state index contributed by atoms with van der Waals surface area (Å²) in [5.74, 6) is 2.82. The van der Waals surface area contributed by atoms with Crippen LogP contribution in [0.1, 0.15) is 59.3 Å². The van der Waals surface area contributed by atoms with Gasteiger partial charge in [-0.15, -0.1) is 24.0 Å². The molecule has 1 heterocycles. The van der Waals surface area contributed by atoms with Crippen molar-refractivity contribution in [1.29, 1.82) is 0 Å². The first-order valence-corrected chi connectivity index (χ1v) is 10.5. The predicted octanol–water partition coefficient (Wildman–Crippen LogP) is 3.88. The first kappa shape index (κ1) is 27.2. The van der Waals surface area contributed by atoms with Gasteiger partial charge in [-0.2, -0.15) is 0 Å². The van der Waals surface area contributed by atoms with Crippen LogP contribution in [0.15, 0.2) is 27.8 Å². The van der Waals surface area contributed by atoms with Crippen molar-refractivity contribution in [3.05, 3.63) is 24.2 Å². The SMILES string of the molecule is CCNC(=NCC(CCO)CC(C)C)NCC(c1ccco1)N(CC)CC.I. The van der Waals surface area contributed by atoms with E-state index in [1.807, 2.05) is 12.1 Å². The number of nitrogens with zero attached hydrogens (tertiary/aromatic N) is 2. The molecule has 0 fully saturated rings. The van der Waals surface area contributed by atoms with E-state index in [9.17, 15) is 5.11 Å². The molecule has 0 saturated carbocycles. The molecule has 2 atom stereocenters. The molecule has 2 unspecified atom stereocenters. The summed E-state index contributed by atoms with van der Waals surface area (Å²) in [5.41, 5.74) is 0. The van der Waals surface area contributed by atoms with Crippen molar-refractivity contribution in [2.75, 3.05) is 39.3 Å². The van der Waals surface area contributed by atoms with Gasteiger partial charge in [0.2, 0.25) is 0 Å². The van der Waals surface area contributed by atoms with E-state index in [4.69, 9.17) is 9.41 Å². The Labute approximate surface area is 188 Å². The van der Waals surface area contributed by atoms with Crippen molar-refractivity contribution in [3.8, 4) is 0 Å². The van der Waals surface area contributed by atoms with Gasteiger partial charge in [0.15, 0.2) is 5.96 Å². The summed E-state index contributed by atoms with van der Waals surface area (Å²) < 4.78 is 5.68. The molecule has 0 aliphatic carbocycles. The molecule has 0 aromatic carbocycles. The van der Waals surface area contributed by atoms with E-state index in [1.54, 1.807) is 6.26 Å². The highest BCUT2D eigenvalue weighted by Crippen LogP contribution is 2.20. The van der Waals surface area contributed by atoms with Crippen LogP contribution in [0.3, 0.4) is 0 Å². The van der Waals surface area contributed by atoms with Crippen molar-refractivity contribution in [3.63, 3.8) is 0 Å². The van der Waals surface area contributed by atoms with E-state index < -0.39 is 0 Å². The number of likely N-dealkylation sites (N-methyl/N-ethyl adjacent to an activating group) is 1. The normalized spacial score (nSPS) is 14.1. The quantitative estimate of drug-likeness (QED) is 0.214. The largest absolute Gasteiger partial charge is 0.468 e. The molecule has 0 saturated heterocycles. The third-order valence-corrected chi connectivity index (χ3v) is 4.78. The molecule has 7 heteroatoms. The van der Waals surface area contributed by atoms with Crippen LogP contribution in [-0.4, -0.2) is 55.3 Å². The molecule has 0 radical (unpaired) electrons. The van der Waals surface area contributed by atoms with Gasteiger partial charge in [0, 0.05) is 26.2 Å². The second kappa shape index (κ2) is 16.0. The summed E-state index contributed by atoms with van der Waals surface area (Å²) in [6.07, 6.45) is 3.62. The smallest absolute Gasteiger partial charge is 0.191 e. The maximum absolute atomic E-state index is 9.32. The van der Waals surface area contributed by atoms with E-state index in [-0.39, 0.29) is 36.6 Å². The Hall–Kier alpha value is -0.800. The van der Waals surface area contributed by atoms with Crippen LogP contribution in [0.2, 0.25) is 0 Å². The van der Waals surface area contributed by atoms with Crippen LogP contribution in [0, 0.1) is 11.8 Å². The number of halogens is 1. The van der Waals surface area contributed by atoms with Crippen LogP contribution in [0.5, 0.6) is 0 Å². The molecule has 0 aliphatic rings. The minimum Gasteiger partial charge on any atom is -0.468 e. The van der Waals surface area contributed by atoms with Gasteiger partial charge >= 0.3 is 0 Å². The van der Waals surface area contributed by atoms with Gasteiger partial charge in [0.1, 0.15) is 5.76 Å². The highest BCUT2D eigenvalue weighted by Gasteiger charge is 2.21. The van der Waals surface area contributed by atoms with Crippen LogP contribution in [-0.2, 0) is 0 Å². The molecule has 1 rings (SSSR count). The molecule has 0 spiro atoms. The molecular formula is C21H41IN4O2. The van der Waals surface area contributed by atoms with Crippen LogP contribution in [0.25, 0.3) is 0 Å². The number of aliphatic hydroxyl groups is 1. The average Bonchev–Trinajstić information content (AvgIpc) is 3.16. The van der Waals surface area contributed by atoms with Gasteiger partial charge in [0.05, 0.1) is 12.3 Å². The fraction of sp³-hybridized carbons (Fsp3) is 0.762. The molecule has 1 aromatic rings. The van der Waals surface area contributed by atoms with Gasteiger partial charge in [0.25, 0.3) is 0 Å². The summed E-state index contributed by atoms with van der Waals surface area (Å²) >= 11 is 0. The number of aliphatic hydroxyl groups excluding tert-OH is 1. The van der Waals surface area contributed by atoms with Gasteiger partial charge in [-0.3, -0.25) is 9.89 Å². The van der Waals surface area contributed by atoms with Crippen molar-refractivity contribution in [2.24, 2.45) is 16.8 Å². The zero-order valence-corrected chi connectivity index (χ0v) is 20.6. The molecule has 6 nitrogen and oxygen atoms in total. The molecule has 0 bridgehead atoms. The number of aliphatic imine (C=N–C) groups is 1. The molecule has 3 N–H and O–H groups in total. The zero-order valence-electron chi connectivity index (χ0n) is 18.3. The van der Waals surface area contributed by atoms with Gasteiger partial charge in [-0.25, -0.2) is 0 Å². The lowest BCUT2D eigenvalue weighted by molar-refractivity contribution is 0.193. The third kappa shape index (κ3) is 10.1. The number of hydrogen-bond acceptors (Lipinski definition) is 4. The predicted molar refractivity (Wildman–Crippen MR) is 128 cm³/mol. The lowest BCUT2D eigenvalue weighted by atomic mass is 9.94. The second-order valence-electron chi connectivity index (χ2n) is 7.36. The van der Waals surface area contributed by atoms with E-state index in [1.165, 1.54) is 0 Å². The summed E-state index contributed by atoms with van der Waals surface area (Å²) in [6.45, 7) is 15.3. The second-order valence-corrected chi connectivity index (χ2v) is 7.36. The Morgan fingerprint density at radius 2 is 1.93 bits per heavy atom. The number of rotatable bonds is 13. The average molecular weight is 508 g/mol. The number of nitrogens with one attached hydrogen (secondary N) is 2. The van der Waals surface area contributed by atoms with Crippen LogP contribution in [0.4, 0.5) is 0 Å². The van der Waals surface area contributed by atoms with Gasteiger partial charge < -0.3 is 20.2 Å². The van der Waals surface area contributed by atoms with E-state index in [0.29, 0.717) is 11.8 Å². The van der Waals surface area contributed by atoms with Crippen molar-refractivity contribution in [2.45, 2.75) is 53.5 Å². The summed E-state index contributed by atoms with van der Waals surface area (Å²) in [6, 6.07) is 4.15. The first-order chi connectivity index (χ1) is 13.0. The van der Waals surface area contributed by atoms with Crippen LogP contribution >= 0.6 is 24.0 Å². The molecule has 0 aliphatic heterocycles. The van der Waals surface area contributed by atoms with Gasteiger partial charge in [-0.1, -0.05) is 27.7 Å². The third-order valence-electron chi connectivity index (χ3n) is 4.78. The Morgan fingerprint density at radius 3 is 2.43 bits per heavy atom. The first-order valence-electron chi connectivity index (χ1n) is 10.5. The summed E-state index contributed by atoms with van der Waals surface area (Å²) in [7, 11) is 0. The Kier molecular flexibility index (Phi) is 15.6. The van der Waals surface area contributed by atoms with Crippen molar-refractivity contribution < 1.29 is 9.52 Å². The minimum atomic E-state index is 0. The fourth-order valence-electron chi connectivity index (χ4n) is 3.44. The molecule has 0 amide bonds. The standard InChI is InChI=1S/C21H40N4O2.HI/c1-6-22-21(23-15-18(11-12-26)14-17(4)5)24-16-19(25(7-2)8-3)20-10-9-13-27-20;/h9-10,13,17-19,26H,6-8,11-12,14-16H2,1-5H3,(H2,22,23,24);1H. The molecule has 1 aromatic heterocycles. The highest BCUT2D eigenvalue weighted by atomic mass is 127. The minimum absolute atomic E-state index is 0. The maximum atomic E-state index is 9.32. The summed E-state index contributed by atoms with van der Waals surface area (Å²) in [5, 5.41) is 16.1. The summed E-state index contributed by atoms with van der Waals surface area (Å²) in [4.78, 5) is 7.16. The van der Waals surface area contributed by atoms with E-state index in [2.05, 4.69) is 50.2 Å². The monoisotopic (exact) mass is 508 g/mol. The van der Waals surface area contributed by atoms with Crippen molar-refractivity contribution in [1.82, 2.24) is 15.5 Å². The van der Waals surface area contributed by atoms with E-state index >= 15 is 0 Å². The number of guanidine groups is 1. The Morgan fingerprint density at radius 1 is 1.21 bits per heavy atom. The van der Waals surface area contributed by atoms with E-state index in [0.717, 1.165) is 57.3 Å². The molecular weight excluding hydrogens is 467 g/mol. The lowest BCUT2D eigenvalue weighted by Gasteiger charge is -2.29. The molecule has 164 valence electrons. The van der Waals surface area contributed by atoms with Crippen molar-refractivity contribution >= 4 is 29.9 Å². The fourth-order valence-corrected chi connectivity index (χ4v) is 3.44. The maximum Gasteiger partial charge on any atom is 0.191 e.